The highest BCUT2D eigenvalue weighted by molar-refractivity contribution is 7.89. The molecule has 100 valence electrons. The second-order valence-electron chi connectivity index (χ2n) is 4.11. The van der Waals surface area contributed by atoms with Gasteiger partial charge in [-0.2, -0.15) is 4.31 Å². The molecule has 1 N–H and O–H groups in total. The van der Waals surface area contributed by atoms with E-state index in [1.807, 2.05) is 6.92 Å². The molecule has 0 spiro atoms. The molecule has 18 heavy (non-hydrogen) atoms. The van der Waals surface area contributed by atoms with Crippen LogP contribution < -0.4 is 0 Å². The van der Waals surface area contributed by atoms with Gasteiger partial charge in [0.15, 0.2) is 0 Å². The quantitative estimate of drug-likeness (QED) is 0.886. The SMILES string of the molecule is CCC(C)N(C)S(=O)(=O)c1cccc(C(=O)O)c1. The number of hydrogen-bond acceptors (Lipinski definition) is 3. The summed E-state index contributed by atoms with van der Waals surface area (Å²) in [5.74, 6) is -1.14. The fourth-order valence-electron chi connectivity index (χ4n) is 1.45. The minimum Gasteiger partial charge on any atom is -0.478 e. The first-order valence-corrected chi connectivity index (χ1v) is 7.06. The predicted octanol–water partition coefficient (Wildman–Crippen LogP) is 1.80. The summed E-state index contributed by atoms with van der Waals surface area (Å²) in [4.78, 5) is 10.8. The van der Waals surface area contributed by atoms with E-state index in [1.54, 1.807) is 6.92 Å². The molecule has 6 heteroatoms. The van der Waals surface area contributed by atoms with Gasteiger partial charge in [0, 0.05) is 13.1 Å². The largest absolute Gasteiger partial charge is 0.478 e. The summed E-state index contributed by atoms with van der Waals surface area (Å²) in [5.41, 5.74) is -0.0337. The number of carboxylic acid groups (broad SMARTS) is 1. The highest BCUT2D eigenvalue weighted by atomic mass is 32.2. The Bertz CT molecular complexity index is 539. The predicted molar refractivity (Wildman–Crippen MR) is 68.1 cm³/mol. The number of nitrogens with zero attached hydrogens (tertiary/aromatic N) is 1. The van der Waals surface area contributed by atoms with Crippen molar-refractivity contribution in [3.8, 4) is 0 Å². The van der Waals surface area contributed by atoms with Crippen molar-refractivity contribution in [3.63, 3.8) is 0 Å². The Labute approximate surface area is 107 Å². The maximum atomic E-state index is 12.2. The van der Waals surface area contributed by atoms with Gasteiger partial charge in [-0.3, -0.25) is 0 Å². The van der Waals surface area contributed by atoms with Crippen molar-refractivity contribution in [3.05, 3.63) is 29.8 Å². The molecule has 0 fully saturated rings. The van der Waals surface area contributed by atoms with Gasteiger partial charge >= 0.3 is 5.97 Å². The third-order valence-electron chi connectivity index (χ3n) is 2.97. The average molecular weight is 271 g/mol. The Balaban J connectivity index is 3.20. The normalized spacial score (nSPS) is 13.6. The zero-order chi connectivity index (χ0) is 13.9. The van der Waals surface area contributed by atoms with E-state index in [2.05, 4.69) is 0 Å². The van der Waals surface area contributed by atoms with E-state index in [4.69, 9.17) is 5.11 Å². The molecule has 0 heterocycles. The molecular formula is C12H17NO4S. The van der Waals surface area contributed by atoms with Gasteiger partial charge in [0.05, 0.1) is 10.5 Å². The number of carbonyl (C=O) groups is 1. The molecule has 1 atom stereocenters. The van der Waals surface area contributed by atoms with Crippen LogP contribution in [0.4, 0.5) is 0 Å². The van der Waals surface area contributed by atoms with Crippen molar-refractivity contribution in [2.45, 2.75) is 31.2 Å². The molecule has 0 aliphatic carbocycles. The zero-order valence-corrected chi connectivity index (χ0v) is 11.4. The third kappa shape index (κ3) is 2.88. The molecule has 0 saturated heterocycles. The van der Waals surface area contributed by atoms with Gasteiger partial charge < -0.3 is 5.11 Å². The van der Waals surface area contributed by atoms with E-state index in [0.29, 0.717) is 6.42 Å². The molecule has 0 aliphatic rings. The number of rotatable bonds is 5. The van der Waals surface area contributed by atoms with Crippen molar-refractivity contribution in [1.29, 1.82) is 0 Å². The van der Waals surface area contributed by atoms with Gasteiger partial charge in [-0.1, -0.05) is 13.0 Å². The van der Waals surface area contributed by atoms with Crippen LogP contribution in [0.5, 0.6) is 0 Å². The number of hydrogen-bond donors (Lipinski definition) is 1. The third-order valence-corrected chi connectivity index (χ3v) is 4.94. The molecule has 1 aromatic carbocycles. The van der Waals surface area contributed by atoms with E-state index in [-0.39, 0.29) is 16.5 Å². The Hall–Kier alpha value is -1.40. The van der Waals surface area contributed by atoms with Crippen LogP contribution in [-0.2, 0) is 10.0 Å². The fraction of sp³-hybridized carbons (Fsp3) is 0.417. The Morgan fingerprint density at radius 2 is 2.06 bits per heavy atom. The zero-order valence-electron chi connectivity index (χ0n) is 10.6. The van der Waals surface area contributed by atoms with Gasteiger partial charge in [-0.15, -0.1) is 0 Å². The van der Waals surface area contributed by atoms with Gasteiger partial charge in [0.1, 0.15) is 0 Å². The first-order valence-electron chi connectivity index (χ1n) is 5.62. The number of benzene rings is 1. The monoisotopic (exact) mass is 271 g/mol. The summed E-state index contributed by atoms with van der Waals surface area (Å²) in [5, 5.41) is 8.86. The van der Waals surface area contributed by atoms with Crippen molar-refractivity contribution in [2.24, 2.45) is 0 Å². The lowest BCUT2D eigenvalue weighted by Crippen LogP contribution is -2.34. The highest BCUT2D eigenvalue weighted by Gasteiger charge is 2.24. The van der Waals surface area contributed by atoms with Crippen LogP contribution in [0.3, 0.4) is 0 Å². The van der Waals surface area contributed by atoms with Crippen molar-refractivity contribution < 1.29 is 18.3 Å². The fourth-order valence-corrected chi connectivity index (χ4v) is 2.93. The topological polar surface area (TPSA) is 74.7 Å². The van der Waals surface area contributed by atoms with E-state index in [1.165, 1.54) is 35.6 Å². The summed E-state index contributed by atoms with van der Waals surface area (Å²) in [6.07, 6.45) is 0.689. The van der Waals surface area contributed by atoms with Gasteiger partial charge in [0.25, 0.3) is 0 Å². The van der Waals surface area contributed by atoms with Crippen molar-refractivity contribution >= 4 is 16.0 Å². The van der Waals surface area contributed by atoms with Crippen LogP contribution >= 0.6 is 0 Å². The summed E-state index contributed by atoms with van der Waals surface area (Å²) in [6, 6.07) is 5.24. The summed E-state index contributed by atoms with van der Waals surface area (Å²) >= 11 is 0. The molecule has 0 radical (unpaired) electrons. The highest BCUT2D eigenvalue weighted by Crippen LogP contribution is 2.18. The molecule has 1 unspecified atom stereocenters. The Morgan fingerprint density at radius 1 is 1.44 bits per heavy atom. The van der Waals surface area contributed by atoms with Crippen LogP contribution in [0.15, 0.2) is 29.2 Å². The van der Waals surface area contributed by atoms with Crippen LogP contribution in [0.2, 0.25) is 0 Å². The van der Waals surface area contributed by atoms with Gasteiger partial charge in [-0.25, -0.2) is 13.2 Å². The first-order chi connectivity index (χ1) is 8.30. The molecule has 5 nitrogen and oxygen atoms in total. The lowest BCUT2D eigenvalue weighted by molar-refractivity contribution is 0.0696. The van der Waals surface area contributed by atoms with E-state index < -0.39 is 16.0 Å². The van der Waals surface area contributed by atoms with Crippen LogP contribution in [0, 0.1) is 0 Å². The molecule has 0 saturated carbocycles. The molecule has 0 amide bonds. The molecular weight excluding hydrogens is 254 g/mol. The second-order valence-corrected chi connectivity index (χ2v) is 6.11. The molecule has 0 bridgehead atoms. The van der Waals surface area contributed by atoms with Crippen molar-refractivity contribution in [1.82, 2.24) is 4.31 Å². The van der Waals surface area contributed by atoms with Crippen LogP contribution in [0.25, 0.3) is 0 Å². The summed E-state index contributed by atoms with van der Waals surface area (Å²) in [6.45, 7) is 3.70. The van der Waals surface area contributed by atoms with Crippen LogP contribution in [0.1, 0.15) is 30.6 Å². The molecule has 0 aliphatic heterocycles. The summed E-state index contributed by atoms with van der Waals surface area (Å²) < 4.78 is 25.7. The maximum absolute atomic E-state index is 12.2. The van der Waals surface area contributed by atoms with Crippen molar-refractivity contribution in [2.75, 3.05) is 7.05 Å². The second kappa shape index (κ2) is 5.49. The standard InChI is InChI=1S/C12H17NO4S/c1-4-9(2)13(3)18(16,17)11-7-5-6-10(8-11)12(14)15/h5-9H,4H2,1-3H3,(H,14,15). The first kappa shape index (κ1) is 14.7. The minimum absolute atomic E-state index is 0.00481. The Kier molecular flexibility index (Phi) is 4.48. The van der Waals surface area contributed by atoms with E-state index in [9.17, 15) is 13.2 Å². The van der Waals surface area contributed by atoms with E-state index in [0.717, 1.165) is 0 Å². The van der Waals surface area contributed by atoms with Crippen LogP contribution in [-0.4, -0.2) is 36.9 Å². The smallest absolute Gasteiger partial charge is 0.335 e. The number of carboxylic acids is 1. The molecule has 0 aromatic heterocycles. The molecule has 1 rings (SSSR count). The lowest BCUT2D eigenvalue weighted by Gasteiger charge is -2.23. The minimum atomic E-state index is -3.64. The van der Waals surface area contributed by atoms with Gasteiger partial charge in [-0.05, 0) is 31.5 Å². The molecule has 1 aromatic rings. The number of sulfonamides is 1. The number of aromatic carboxylic acids is 1. The average Bonchev–Trinajstić information content (AvgIpc) is 2.36. The summed E-state index contributed by atoms with van der Waals surface area (Å²) in [7, 11) is -2.14. The van der Waals surface area contributed by atoms with E-state index >= 15 is 0 Å². The maximum Gasteiger partial charge on any atom is 0.335 e. The lowest BCUT2D eigenvalue weighted by atomic mass is 10.2. The Morgan fingerprint density at radius 3 is 2.56 bits per heavy atom. The van der Waals surface area contributed by atoms with Gasteiger partial charge in [0.2, 0.25) is 10.0 Å².